The lowest BCUT2D eigenvalue weighted by Gasteiger charge is -2.24. The summed E-state index contributed by atoms with van der Waals surface area (Å²) in [5, 5.41) is 11.2. The van der Waals surface area contributed by atoms with E-state index in [1.165, 1.54) is 6.07 Å². The Hall–Kier alpha value is -4.41. The highest BCUT2D eigenvalue weighted by Gasteiger charge is 2.51. The molecule has 0 amide bonds. The molecular formula is C27H25F3N6O2. The maximum Gasteiger partial charge on any atom is 0.401 e. The summed E-state index contributed by atoms with van der Waals surface area (Å²) in [5.41, 5.74) is 3.02. The Morgan fingerprint density at radius 3 is 2.53 bits per heavy atom. The highest BCUT2D eigenvalue weighted by atomic mass is 19.4. The van der Waals surface area contributed by atoms with Gasteiger partial charge in [0.15, 0.2) is 11.4 Å². The van der Waals surface area contributed by atoms with Crippen LogP contribution in [-0.2, 0) is 30.1 Å². The molecule has 0 spiro atoms. The zero-order chi connectivity index (χ0) is 27.1. The second-order valence-corrected chi connectivity index (χ2v) is 9.68. The van der Waals surface area contributed by atoms with Crippen LogP contribution in [0.4, 0.5) is 24.5 Å². The van der Waals surface area contributed by atoms with E-state index in [1.807, 2.05) is 60.2 Å². The number of ketones is 1. The van der Waals surface area contributed by atoms with Crippen LogP contribution in [0.1, 0.15) is 30.9 Å². The molecule has 5 aromatic rings. The van der Waals surface area contributed by atoms with Gasteiger partial charge in [-0.3, -0.25) is 13.9 Å². The summed E-state index contributed by atoms with van der Waals surface area (Å²) in [6, 6.07) is 12.6. The van der Waals surface area contributed by atoms with E-state index in [9.17, 15) is 18.0 Å². The lowest BCUT2D eigenvalue weighted by atomic mass is 9.89. The van der Waals surface area contributed by atoms with Gasteiger partial charge < -0.3 is 9.84 Å². The second kappa shape index (κ2) is 9.47. The van der Waals surface area contributed by atoms with E-state index in [0.29, 0.717) is 0 Å². The minimum absolute atomic E-state index is 0.112. The summed E-state index contributed by atoms with van der Waals surface area (Å²) in [7, 11) is 1.85. The molecule has 0 unspecified atom stereocenters. The zero-order valence-electron chi connectivity index (χ0n) is 21.0. The minimum atomic E-state index is -4.49. The number of pyridine rings is 1. The molecule has 196 valence electrons. The van der Waals surface area contributed by atoms with E-state index >= 15 is 0 Å². The Balaban J connectivity index is 1.27. The molecule has 0 aliphatic carbocycles. The van der Waals surface area contributed by atoms with Gasteiger partial charge in [-0.15, -0.1) is 0 Å². The van der Waals surface area contributed by atoms with Crippen molar-refractivity contribution in [2.45, 2.75) is 38.3 Å². The van der Waals surface area contributed by atoms with Crippen molar-refractivity contribution in [2.75, 3.05) is 5.32 Å². The van der Waals surface area contributed by atoms with E-state index in [1.54, 1.807) is 17.1 Å². The van der Waals surface area contributed by atoms with Crippen LogP contribution >= 0.6 is 0 Å². The Kier molecular flexibility index (Phi) is 6.29. The zero-order valence-corrected chi connectivity index (χ0v) is 21.0. The van der Waals surface area contributed by atoms with E-state index < -0.39 is 11.6 Å². The third kappa shape index (κ3) is 4.91. The SMILES string of the molecule is Cn1cc(Nc2cccn3c(-c4ccc(CC(=O)Cc5cc(C(C)(C)C(F)(F)F)on5)cc4)cnc23)cn1. The van der Waals surface area contributed by atoms with Crippen molar-refractivity contribution in [3.63, 3.8) is 0 Å². The first-order chi connectivity index (χ1) is 18.0. The molecule has 0 aliphatic rings. The number of carbonyl (C=O) groups is 1. The number of aryl methyl sites for hydroxylation is 1. The number of rotatable bonds is 8. The van der Waals surface area contributed by atoms with Crippen LogP contribution in [0, 0.1) is 0 Å². The highest BCUT2D eigenvalue weighted by molar-refractivity contribution is 5.83. The van der Waals surface area contributed by atoms with Gasteiger partial charge in [-0.2, -0.15) is 18.3 Å². The number of fused-ring (bicyclic) bond motifs is 1. The predicted octanol–water partition coefficient (Wildman–Crippen LogP) is 5.66. The van der Waals surface area contributed by atoms with Gasteiger partial charge in [0.25, 0.3) is 0 Å². The molecule has 4 aromatic heterocycles. The molecule has 0 saturated heterocycles. The Bertz CT molecular complexity index is 1600. The summed E-state index contributed by atoms with van der Waals surface area (Å²) < 4.78 is 48.3. The molecule has 1 aromatic carbocycles. The Morgan fingerprint density at radius 1 is 1.08 bits per heavy atom. The third-order valence-electron chi connectivity index (χ3n) is 6.43. The lowest BCUT2D eigenvalue weighted by molar-refractivity contribution is -0.185. The van der Waals surface area contributed by atoms with Gasteiger partial charge >= 0.3 is 6.18 Å². The van der Waals surface area contributed by atoms with Crippen molar-refractivity contribution in [3.05, 3.63) is 84.3 Å². The highest BCUT2D eigenvalue weighted by Crippen LogP contribution is 2.40. The third-order valence-corrected chi connectivity index (χ3v) is 6.43. The van der Waals surface area contributed by atoms with Crippen LogP contribution in [0.15, 0.2) is 71.8 Å². The maximum absolute atomic E-state index is 13.2. The molecule has 8 nitrogen and oxygen atoms in total. The quantitative estimate of drug-likeness (QED) is 0.283. The smallest absolute Gasteiger partial charge is 0.360 e. The van der Waals surface area contributed by atoms with E-state index in [2.05, 4.69) is 20.6 Å². The molecule has 0 fully saturated rings. The van der Waals surface area contributed by atoms with Crippen molar-refractivity contribution in [1.29, 1.82) is 0 Å². The largest absolute Gasteiger partial charge is 0.401 e. The summed E-state index contributed by atoms with van der Waals surface area (Å²) in [5.74, 6) is -0.493. The number of halogens is 3. The van der Waals surface area contributed by atoms with E-state index in [4.69, 9.17) is 4.52 Å². The number of alkyl halides is 3. The van der Waals surface area contributed by atoms with Crippen LogP contribution in [0.25, 0.3) is 16.9 Å². The van der Waals surface area contributed by atoms with Crippen LogP contribution in [0.3, 0.4) is 0 Å². The summed E-state index contributed by atoms with van der Waals surface area (Å²) in [6.45, 7) is 2.03. The first-order valence-electron chi connectivity index (χ1n) is 11.9. The minimum Gasteiger partial charge on any atom is -0.360 e. The van der Waals surface area contributed by atoms with E-state index in [-0.39, 0.29) is 30.1 Å². The average Bonchev–Trinajstić information content (AvgIpc) is 3.59. The molecule has 1 N–H and O–H groups in total. The van der Waals surface area contributed by atoms with Crippen molar-refractivity contribution >= 4 is 22.8 Å². The number of aromatic nitrogens is 5. The number of nitrogens with one attached hydrogen (secondary N) is 1. The predicted molar refractivity (Wildman–Crippen MR) is 135 cm³/mol. The number of hydrogen-bond acceptors (Lipinski definition) is 6. The number of benzene rings is 1. The number of Topliss-reactive ketones (excluding diaryl/α,β-unsaturated/α-hetero) is 1. The summed E-state index contributed by atoms with van der Waals surface area (Å²) in [4.78, 5) is 17.2. The maximum atomic E-state index is 13.2. The first kappa shape index (κ1) is 25.2. The van der Waals surface area contributed by atoms with Crippen LogP contribution in [-0.4, -0.2) is 36.3 Å². The topological polar surface area (TPSA) is 90.2 Å². The molecule has 5 rings (SSSR count). The van der Waals surface area contributed by atoms with Crippen LogP contribution in [0.5, 0.6) is 0 Å². The van der Waals surface area contributed by atoms with Crippen molar-refractivity contribution < 1.29 is 22.5 Å². The molecule has 0 saturated carbocycles. The number of nitrogens with zero attached hydrogens (tertiary/aromatic N) is 5. The molecular weight excluding hydrogens is 497 g/mol. The van der Waals surface area contributed by atoms with Gasteiger partial charge in [-0.25, -0.2) is 4.98 Å². The molecule has 4 heterocycles. The van der Waals surface area contributed by atoms with Crippen molar-refractivity contribution in [1.82, 2.24) is 24.3 Å². The number of hydrogen-bond donors (Lipinski definition) is 1. The van der Waals surface area contributed by atoms with E-state index in [0.717, 1.165) is 47.7 Å². The fourth-order valence-corrected chi connectivity index (χ4v) is 4.08. The summed E-state index contributed by atoms with van der Waals surface area (Å²) >= 11 is 0. The number of anilines is 2. The molecule has 0 atom stereocenters. The molecule has 0 radical (unpaired) electrons. The van der Waals surface area contributed by atoms with Gasteiger partial charge in [0.2, 0.25) is 0 Å². The van der Waals surface area contributed by atoms with Crippen LogP contribution < -0.4 is 5.32 Å². The van der Waals surface area contributed by atoms with Gasteiger partial charge in [0, 0.05) is 37.5 Å². The van der Waals surface area contributed by atoms with Crippen LogP contribution in [0.2, 0.25) is 0 Å². The molecule has 11 heteroatoms. The Morgan fingerprint density at radius 2 is 1.84 bits per heavy atom. The monoisotopic (exact) mass is 522 g/mol. The van der Waals surface area contributed by atoms with Gasteiger partial charge in [-0.05, 0) is 31.5 Å². The average molecular weight is 523 g/mol. The van der Waals surface area contributed by atoms with Crippen molar-refractivity contribution in [2.24, 2.45) is 7.05 Å². The molecule has 0 aliphatic heterocycles. The summed E-state index contributed by atoms with van der Waals surface area (Å²) in [6.07, 6.45) is 2.84. The Labute approximate surface area is 216 Å². The number of carbonyl (C=O) groups excluding carboxylic acids is 1. The molecule has 38 heavy (non-hydrogen) atoms. The van der Waals surface area contributed by atoms with Gasteiger partial charge in [0.05, 0.1) is 41.6 Å². The fraction of sp³-hybridized carbons (Fsp3) is 0.259. The first-order valence-corrected chi connectivity index (χ1v) is 11.9. The standard InChI is InChI=1S/C27H25F3N6O2/c1-26(2,27(28,29)30)24-13-19(34-38-24)12-21(37)11-17-6-8-18(9-7-17)23-15-31-25-22(5-4-10-36(23)25)33-20-14-32-35(3)16-20/h4-10,13-16,33H,11-12H2,1-3H3. The van der Waals surface area contributed by atoms with Gasteiger partial charge in [0.1, 0.15) is 11.2 Å². The van der Waals surface area contributed by atoms with Crippen molar-refractivity contribution in [3.8, 4) is 11.3 Å². The lowest BCUT2D eigenvalue weighted by Crippen LogP contribution is -2.35. The normalized spacial score (nSPS) is 12.3. The van der Waals surface area contributed by atoms with Gasteiger partial charge in [-0.1, -0.05) is 29.4 Å². The fourth-order valence-electron chi connectivity index (χ4n) is 4.08. The number of imidazole rings is 1. The molecule has 0 bridgehead atoms. The second-order valence-electron chi connectivity index (χ2n) is 9.68.